The fraction of sp³-hybridized carbons (Fsp3) is 0.364. The number of hydrogen-bond donors (Lipinski definition) is 2. The third kappa shape index (κ3) is 4.21. The lowest BCUT2D eigenvalue weighted by Crippen LogP contribution is -2.30. The number of amides is 2. The maximum absolute atomic E-state index is 12.7. The molecule has 100 valence electrons. The highest BCUT2D eigenvalue weighted by Gasteiger charge is 2.34. The maximum Gasteiger partial charge on any atom is 0.418 e. The largest absolute Gasteiger partial charge is 0.418 e. The Bertz CT molecular complexity index is 435. The summed E-state index contributed by atoms with van der Waals surface area (Å²) in [6, 6.07) is 2.92. The molecule has 1 aromatic carbocycles. The van der Waals surface area contributed by atoms with Gasteiger partial charge in [-0.2, -0.15) is 13.2 Å². The van der Waals surface area contributed by atoms with Gasteiger partial charge in [-0.15, -0.1) is 0 Å². The molecule has 0 spiro atoms. The zero-order valence-electron chi connectivity index (χ0n) is 9.57. The normalized spacial score (nSPS) is 11.2. The predicted octanol–water partition coefficient (Wildman–Crippen LogP) is 4.00. The molecule has 2 amide bonds. The molecule has 0 aromatic heterocycles. The molecule has 0 saturated heterocycles. The molecule has 0 bridgehead atoms. The van der Waals surface area contributed by atoms with E-state index in [4.69, 9.17) is 0 Å². The van der Waals surface area contributed by atoms with E-state index in [9.17, 15) is 18.0 Å². The summed E-state index contributed by atoms with van der Waals surface area (Å²) >= 11 is 2.97. The van der Waals surface area contributed by atoms with E-state index in [-0.39, 0.29) is 5.69 Å². The number of hydrogen-bond acceptors (Lipinski definition) is 1. The minimum Gasteiger partial charge on any atom is -0.338 e. The number of urea groups is 1. The Hall–Kier alpha value is -1.24. The van der Waals surface area contributed by atoms with E-state index in [1.807, 2.05) is 6.92 Å². The van der Waals surface area contributed by atoms with E-state index in [0.29, 0.717) is 17.4 Å². The van der Waals surface area contributed by atoms with Crippen LogP contribution in [0.15, 0.2) is 22.7 Å². The summed E-state index contributed by atoms with van der Waals surface area (Å²) in [6.07, 6.45) is -3.81. The number of rotatable bonds is 3. The summed E-state index contributed by atoms with van der Waals surface area (Å²) in [7, 11) is 0. The van der Waals surface area contributed by atoms with Crippen LogP contribution in [0.4, 0.5) is 23.7 Å². The number of benzene rings is 1. The standard InChI is InChI=1S/C11H12BrF3N2O/c1-2-5-16-10(18)17-9-4-3-7(12)6-8(9)11(13,14)15/h3-4,6H,2,5H2,1H3,(H2,16,17,18). The number of nitrogens with one attached hydrogen (secondary N) is 2. The first-order chi connectivity index (χ1) is 8.34. The van der Waals surface area contributed by atoms with Crippen LogP contribution in [0.3, 0.4) is 0 Å². The second-order valence-corrected chi connectivity index (χ2v) is 4.48. The zero-order chi connectivity index (χ0) is 13.8. The van der Waals surface area contributed by atoms with Gasteiger partial charge in [-0.05, 0) is 24.6 Å². The highest BCUT2D eigenvalue weighted by Crippen LogP contribution is 2.36. The van der Waals surface area contributed by atoms with Gasteiger partial charge in [0.05, 0.1) is 11.3 Å². The van der Waals surface area contributed by atoms with Crippen molar-refractivity contribution in [2.24, 2.45) is 0 Å². The van der Waals surface area contributed by atoms with Gasteiger partial charge < -0.3 is 10.6 Å². The molecule has 0 unspecified atom stereocenters. The van der Waals surface area contributed by atoms with Gasteiger partial charge in [-0.3, -0.25) is 0 Å². The SMILES string of the molecule is CCCNC(=O)Nc1ccc(Br)cc1C(F)(F)F. The average Bonchev–Trinajstić information content (AvgIpc) is 2.27. The molecule has 0 atom stereocenters. The summed E-state index contributed by atoms with van der Waals surface area (Å²) in [5.41, 5.74) is -1.15. The summed E-state index contributed by atoms with van der Waals surface area (Å²) in [6.45, 7) is 2.25. The van der Waals surface area contributed by atoms with Crippen LogP contribution >= 0.6 is 15.9 Å². The van der Waals surface area contributed by atoms with Crippen molar-refractivity contribution in [2.45, 2.75) is 19.5 Å². The number of alkyl halides is 3. The van der Waals surface area contributed by atoms with Crippen molar-refractivity contribution in [3.63, 3.8) is 0 Å². The van der Waals surface area contributed by atoms with Crippen molar-refractivity contribution in [3.8, 4) is 0 Å². The Morgan fingerprint density at radius 3 is 2.61 bits per heavy atom. The predicted molar refractivity (Wildman–Crippen MR) is 66.5 cm³/mol. The molecule has 7 heteroatoms. The second-order valence-electron chi connectivity index (χ2n) is 3.57. The number of anilines is 1. The van der Waals surface area contributed by atoms with E-state index in [2.05, 4.69) is 26.6 Å². The lowest BCUT2D eigenvalue weighted by molar-refractivity contribution is -0.136. The molecular weight excluding hydrogens is 313 g/mol. The summed E-state index contributed by atoms with van der Waals surface area (Å²) in [5, 5.41) is 4.63. The molecule has 0 aliphatic carbocycles. The van der Waals surface area contributed by atoms with E-state index in [0.717, 1.165) is 6.07 Å². The molecule has 1 aromatic rings. The molecule has 0 aliphatic heterocycles. The highest BCUT2D eigenvalue weighted by atomic mass is 79.9. The zero-order valence-corrected chi connectivity index (χ0v) is 11.2. The third-order valence-corrected chi connectivity index (χ3v) is 2.56. The van der Waals surface area contributed by atoms with Crippen LogP contribution in [0.25, 0.3) is 0 Å². The van der Waals surface area contributed by atoms with Crippen molar-refractivity contribution in [1.82, 2.24) is 5.32 Å². The van der Waals surface area contributed by atoms with Crippen molar-refractivity contribution in [3.05, 3.63) is 28.2 Å². The van der Waals surface area contributed by atoms with E-state index >= 15 is 0 Å². The number of carbonyl (C=O) groups excluding carboxylic acids is 1. The number of halogens is 4. The molecule has 0 heterocycles. The molecule has 1 rings (SSSR count). The van der Waals surface area contributed by atoms with E-state index in [1.165, 1.54) is 12.1 Å². The van der Waals surface area contributed by atoms with Crippen molar-refractivity contribution in [2.75, 3.05) is 11.9 Å². The molecule has 2 N–H and O–H groups in total. The van der Waals surface area contributed by atoms with Gasteiger partial charge in [-0.25, -0.2) is 4.79 Å². The van der Waals surface area contributed by atoms with Gasteiger partial charge >= 0.3 is 12.2 Å². The van der Waals surface area contributed by atoms with Crippen LogP contribution in [0.2, 0.25) is 0 Å². The first kappa shape index (κ1) is 14.8. The van der Waals surface area contributed by atoms with Gasteiger partial charge in [0.1, 0.15) is 0 Å². The highest BCUT2D eigenvalue weighted by molar-refractivity contribution is 9.10. The summed E-state index contributed by atoms with van der Waals surface area (Å²) in [4.78, 5) is 11.3. The van der Waals surface area contributed by atoms with Crippen molar-refractivity contribution in [1.29, 1.82) is 0 Å². The van der Waals surface area contributed by atoms with E-state index < -0.39 is 17.8 Å². The molecule has 0 radical (unpaired) electrons. The first-order valence-corrected chi connectivity index (χ1v) is 6.05. The fourth-order valence-corrected chi connectivity index (χ4v) is 1.63. The Labute approximate surface area is 111 Å². The van der Waals surface area contributed by atoms with Gasteiger partial charge in [0, 0.05) is 11.0 Å². The van der Waals surface area contributed by atoms with Crippen LogP contribution in [-0.4, -0.2) is 12.6 Å². The Morgan fingerprint density at radius 2 is 2.06 bits per heavy atom. The van der Waals surface area contributed by atoms with Gasteiger partial charge in [0.2, 0.25) is 0 Å². The lowest BCUT2D eigenvalue weighted by Gasteiger charge is -2.14. The van der Waals surface area contributed by atoms with Crippen LogP contribution in [0.5, 0.6) is 0 Å². The molecule has 0 saturated carbocycles. The Morgan fingerprint density at radius 1 is 1.39 bits per heavy atom. The van der Waals surface area contributed by atoms with Crippen LogP contribution in [-0.2, 0) is 6.18 Å². The smallest absolute Gasteiger partial charge is 0.338 e. The summed E-state index contributed by atoms with van der Waals surface area (Å²) in [5.74, 6) is 0. The van der Waals surface area contributed by atoms with Gasteiger partial charge in [0.15, 0.2) is 0 Å². The fourth-order valence-electron chi connectivity index (χ4n) is 1.27. The second kappa shape index (κ2) is 6.08. The van der Waals surface area contributed by atoms with Crippen molar-refractivity contribution >= 4 is 27.6 Å². The summed E-state index contributed by atoms with van der Waals surface area (Å²) < 4.78 is 38.5. The minimum atomic E-state index is -4.52. The molecule has 0 fully saturated rings. The maximum atomic E-state index is 12.7. The topological polar surface area (TPSA) is 41.1 Å². The van der Waals surface area contributed by atoms with Gasteiger partial charge in [-0.1, -0.05) is 22.9 Å². The van der Waals surface area contributed by atoms with Gasteiger partial charge in [0.25, 0.3) is 0 Å². The molecule has 18 heavy (non-hydrogen) atoms. The molecule has 0 aliphatic rings. The third-order valence-electron chi connectivity index (χ3n) is 2.07. The Balaban J connectivity index is 2.92. The molecule has 3 nitrogen and oxygen atoms in total. The average molecular weight is 325 g/mol. The molecular formula is C11H12BrF3N2O. The van der Waals surface area contributed by atoms with Crippen LogP contribution < -0.4 is 10.6 Å². The van der Waals surface area contributed by atoms with Crippen LogP contribution in [0.1, 0.15) is 18.9 Å². The van der Waals surface area contributed by atoms with Crippen molar-refractivity contribution < 1.29 is 18.0 Å². The van der Waals surface area contributed by atoms with E-state index in [1.54, 1.807) is 0 Å². The quantitative estimate of drug-likeness (QED) is 0.866. The number of carbonyl (C=O) groups is 1. The van der Waals surface area contributed by atoms with Crippen LogP contribution in [0, 0.1) is 0 Å². The lowest BCUT2D eigenvalue weighted by atomic mass is 10.1. The Kier molecular flexibility index (Phi) is 5.01. The minimum absolute atomic E-state index is 0.265. The monoisotopic (exact) mass is 324 g/mol. The first-order valence-electron chi connectivity index (χ1n) is 5.26.